The van der Waals surface area contributed by atoms with E-state index in [0.717, 1.165) is 17.1 Å². The molecule has 2 aromatic heterocycles. The number of hydrogen-bond donors (Lipinski definition) is 0. The summed E-state index contributed by atoms with van der Waals surface area (Å²) in [5, 5.41) is -0.264. The van der Waals surface area contributed by atoms with E-state index >= 15 is 0 Å². The second kappa shape index (κ2) is 7.67. The van der Waals surface area contributed by atoms with Crippen molar-refractivity contribution < 1.29 is 4.79 Å². The van der Waals surface area contributed by atoms with Crippen LogP contribution in [0, 0.1) is 6.92 Å². The van der Waals surface area contributed by atoms with Crippen LogP contribution in [-0.4, -0.2) is 37.5 Å². The summed E-state index contributed by atoms with van der Waals surface area (Å²) in [5.41, 5.74) is 3.25. The second-order valence-corrected chi connectivity index (χ2v) is 7.87. The summed E-state index contributed by atoms with van der Waals surface area (Å²) in [6, 6.07) is 15.4. The fourth-order valence-electron chi connectivity index (χ4n) is 3.59. The van der Waals surface area contributed by atoms with Gasteiger partial charge in [0.25, 0.3) is 5.56 Å². The molecule has 1 atom stereocenters. The molecule has 0 aliphatic carbocycles. The first kappa shape index (κ1) is 18.6. The zero-order valence-corrected chi connectivity index (χ0v) is 16.7. The summed E-state index contributed by atoms with van der Waals surface area (Å²) in [6.07, 6.45) is 2.43. The maximum absolute atomic E-state index is 13.3. The summed E-state index contributed by atoms with van der Waals surface area (Å²) in [4.78, 5) is 32.0. The van der Waals surface area contributed by atoms with Gasteiger partial charge in [-0.25, -0.2) is 4.68 Å². The Kier molecular flexibility index (Phi) is 5.09. The van der Waals surface area contributed by atoms with Gasteiger partial charge in [-0.2, -0.15) is 0 Å². The molecule has 6 nitrogen and oxygen atoms in total. The van der Waals surface area contributed by atoms with Crippen LogP contribution in [0.1, 0.15) is 22.3 Å². The normalized spacial score (nSPS) is 16.7. The number of pyridine rings is 1. The van der Waals surface area contributed by atoms with Crippen LogP contribution in [0.15, 0.2) is 59.5 Å². The minimum atomic E-state index is -0.264. The minimum Gasteiger partial charge on any atom is -0.325 e. The number of para-hydroxylation sites is 1. The van der Waals surface area contributed by atoms with Gasteiger partial charge >= 0.3 is 0 Å². The molecule has 4 rings (SSSR count). The highest BCUT2D eigenvalue weighted by molar-refractivity contribution is 8.00. The number of carbonyl (C=O) groups is 1. The maximum Gasteiger partial charge on any atom is 0.277 e. The van der Waals surface area contributed by atoms with Crippen molar-refractivity contribution in [2.45, 2.75) is 18.7 Å². The van der Waals surface area contributed by atoms with Crippen molar-refractivity contribution in [3.63, 3.8) is 0 Å². The summed E-state index contributed by atoms with van der Waals surface area (Å²) in [6.45, 7) is 2.49. The van der Waals surface area contributed by atoms with Gasteiger partial charge in [0.1, 0.15) is 5.37 Å². The Morgan fingerprint density at radius 2 is 1.86 bits per heavy atom. The zero-order valence-electron chi connectivity index (χ0n) is 15.9. The average Bonchev–Trinajstić information content (AvgIpc) is 3.18. The molecule has 3 aromatic rings. The first-order valence-electron chi connectivity index (χ1n) is 9.23. The molecule has 1 fully saturated rings. The highest BCUT2D eigenvalue weighted by Gasteiger charge is 2.37. The van der Waals surface area contributed by atoms with Crippen molar-refractivity contribution in [3.05, 3.63) is 82.0 Å². The van der Waals surface area contributed by atoms with E-state index in [1.807, 2.05) is 72.1 Å². The zero-order chi connectivity index (χ0) is 19.7. The number of benzene rings is 1. The number of carbonyl (C=O) groups excluding carboxylic acids is 1. The van der Waals surface area contributed by atoms with Gasteiger partial charge in [-0.15, -0.1) is 11.8 Å². The van der Waals surface area contributed by atoms with Gasteiger partial charge in [0.05, 0.1) is 17.0 Å². The van der Waals surface area contributed by atoms with Crippen LogP contribution in [0.2, 0.25) is 0 Å². The monoisotopic (exact) mass is 394 g/mol. The molecule has 7 heteroatoms. The van der Waals surface area contributed by atoms with Crippen molar-refractivity contribution in [2.24, 2.45) is 7.05 Å². The van der Waals surface area contributed by atoms with Crippen LogP contribution in [0.3, 0.4) is 0 Å². The molecule has 0 radical (unpaired) electrons. The van der Waals surface area contributed by atoms with E-state index in [0.29, 0.717) is 24.3 Å². The Morgan fingerprint density at radius 1 is 1.11 bits per heavy atom. The lowest BCUT2D eigenvalue weighted by Gasteiger charge is -2.23. The Balaban J connectivity index is 1.68. The number of thioether (sulfide) groups is 1. The Hall–Kier alpha value is -2.80. The minimum absolute atomic E-state index is 0.0683. The van der Waals surface area contributed by atoms with E-state index in [4.69, 9.17) is 0 Å². The van der Waals surface area contributed by atoms with Crippen molar-refractivity contribution >= 4 is 17.7 Å². The third-order valence-electron chi connectivity index (χ3n) is 5.15. The van der Waals surface area contributed by atoms with Gasteiger partial charge in [0.15, 0.2) is 0 Å². The topological polar surface area (TPSA) is 60.1 Å². The fraction of sp³-hybridized carbons (Fsp3) is 0.286. The van der Waals surface area contributed by atoms with E-state index in [9.17, 15) is 9.59 Å². The van der Waals surface area contributed by atoms with Crippen LogP contribution in [0.4, 0.5) is 0 Å². The number of aromatic nitrogens is 3. The molecule has 1 aliphatic rings. The molecule has 0 spiro atoms. The van der Waals surface area contributed by atoms with E-state index in [1.165, 1.54) is 11.8 Å². The Morgan fingerprint density at radius 3 is 2.57 bits per heavy atom. The second-order valence-electron chi connectivity index (χ2n) is 6.80. The summed E-state index contributed by atoms with van der Waals surface area (Å²) in [5.74, 6) is 0.464. The van der Waals surface area contributed by atoms with Gasteiger partial charge in [-0.1, -0.05) is 24.3 Å². The lowest BCUT2D eigenvalue weighted by molar-refractivity contribution is -0.128. The number of amides is 1. The standard InChI is InChI=1S/C21H22N4O2S/c1-15-19(20(27)25(23(15)2)17-9-4-3-5-10-17)21-24(18(26)14-28-21)13-11-16-8-6-7-12-22-16/h3-10,12,21H,11,13-14H2,1-2H3. The third kappa shape index (κ3) is 3.26. The van der Waals surface area contributed by atoms with Crippen molar-refractivity contribution in [1.82, 2.24) is 19.2 Å². The average molecular weight is 395 g/mol. The molecule has 28 heavy (non-hydrogen) atoms. The molecule has 1 aromatic carbocycles. The predicted molar refractivity (Wildman–Crippen MR) is 111 cm³/mol. The smallest absolute Gasteiger partial charge is 0.277 e. The lowest BCUT2D eigenvalue weighted by Crippen LogP contribution is -2.33. The molecular formula is C21H22N4O2S. The van der Waals surface area contributed by atoms with E-state index in [-0.39, 0.29) is 16.8 Å². The van der Waals surface area contributed by atoms with E-state index in [1.54, 1.807) is 10.9 Å². The maximum atomic E-state index is 13.3. The lowest BCUT2D eigenvalue weighted by atomic mass is 10.2. The van der Waals surface area contributed by atoms with Crippen LogP contribution in [0.25, 0.3) is 5.69 Å². The molecule has 1 aliphatic heterocycles. The van der Waals surface area contributed by atoms with Crippen LogP contribution in [-0.2, 0) is 18.3 Å². The first-order valence-corrected chi connectivity index (χ1v) is 10.3. The van der Waals surface area contributed by atoms with Crippen molar-refractivity contribution in [1.29, 1.82) is 0 Å². The molecule has 144 valence electrons. The summed E-state index contributed by atoms with van der Waals surface area (Å²) in [7, 11) is 1.88. The molecule has 0 N–H and O–H groups in total. The molecule has 1 saturated heterocycles. The fourth-order valence-corrected chi connectivity index (χ4v) is 4.90. The first-order chi connectivity index (χ1) is 13.6. The molecule has 3 heterocycles. The SMILES string of the molecule is Cc1c(C2SCC(=O)N2CCc2ccccn2)c(=O)n(-c2ccccc2)n1C. The third-order valence-corrected chi connectivity index (χ3v) is 6.37. The highest BCUT2D eigenvalue weighted by atomic mass is 32.2. The Labute approximate surface area is 167 Å². The molecular weight excluding hydrogens is 372 g/mol. The van der Waals surface area contributed by atoms with Gasteiger partial charge in [-0.3, -0.25) is 19.3 Å². The molecule has 0 saturated carbocycles. The van der Waals surface area contributed by atoms with E-state index in [2.05, 4.69) is 4.98 Å². The molecule has 1 unspecified atom stereocenters. The van der Waals surface area contributed by atoms with Crippen LogP contribution in [0.5, 0.6) is 0 Å². The van der Waals surface area contributed by atoms with Crippen LogP contribution >= 0.6 is 11.8 Å². The van der Waals surface area contributed by atoms with Gasteiger partial charge < -0.3 is 4.90 Å². The highest BCUT2D eigenvalue weighted by Crippen LogP contribution is 2.38. The van der Waals surface area contributed by atoms with Crippen molar-refractivity contribution in [3.8, 4) is 5.69 Å². The van der Waals surface area contributed by atoms with Gasteiger partial charge in [-0.05, 0) is 31.2 Å². The van der Waals surface area contributed by atoms with Gasteiger partial charge in [0, 0.05) is 37.6 Å². The molecule has 1 amide bonds. The Bertz CT molecular complexity index is 1040. The van der Waals surface area contributed by atoms with Crippen LogP contribution < -0.4 is 5.56 Å². The predicted octanol–water partition coefficient (Wildman–Crippen LogP) is 2.70. The van der Waals surface area contributed by atoms with Crippen molar-refractivity contribution in [2.75, 3.05) is 12.3 Å². The quantitative estimate of drug-likeness (QED) is 0.668. The number of rotatable bonds is 5. The number of hydrogen-bond acceptors (Lipinski definition) is 4. The summed E-state index contributed by atoms with van der Waals surface area (Å²) < 4.78 is 3.54. The summed E-state index contributed by atoms with van der Waals surface area (Å²) >= 11 is 1.52. The van der Waals surface area contributed by atoms with E-state index < -0.39 is 0 Å². The number of nitrogens with zero attached hydrogens (tertiary/aromatic N) is 4. The molecule has 0 bridgehead atoms. The van der Waals surface area contributed by atoms with Gasteiger partial charge in [0.2, 0.25) is 5.91 Å². The largest absolute Gasteiger partial charge is 0.325 e.